The number of hydrogen-bond acceptors (Lipinski definition) is 5. The second kappa shape index (κ2) is 6.96. The molecule has 0 saturated carbocycles. The maximum atomic E-state index is 6.24. The zero-order chi connectivity index (χ0) is 18.0. The standard InChI is InChI=1S/C19H24N6/c1-13-4-9-18-16(10-13)19(23-22-18)17(20)12-25(21)15-7-5-14(6-8-15)11-24(2)3/h4-10,12H,11,20-21H2,1-3H3,(H,22,23)/b17-12-. The Morgan fingerprint density at radius 3 is 2.56 bits per heavy atom. The Balaban J connectivity index is 1.84. The largest absolute Gasteiger partial charge is 0.396 e. The van der Waals surface area contributed by atoms with Crippen LogP contribution in [-0.4, -0.2) is 29.2 Å². The zero-order valence-electron chi connectivity index (χ0n) is 14.8. The summed E-state index contributed by atoms with van der Waals surface area (Å²) in [6.45, 7) is 2.93. The Morgan fingerprint density at radius 1 is 1.16 bits per heavy atom. The molecule has 5 N–H and O–H groups in total. The Bertz CT molecular complexity index is 892. The number of fused-ring (bicyclic) bond motifs is 1. The van der Waals surface area contributed by atoms with Crippen molar-refractivity contribution in [3.05, 3.63) is 65.5 Å². The van der Waals surface area contributed by atoms with Crippen molar-refractivity contribution >= 4 is 22.3 Å². The Kier molecular flexibility index (Phi) is 4.74. The lowest BCUT2D eigenvalue weighted by atomic mass is 10.1. The van der Waals surface area contributed by atoms with Gasteiger partial charge in [-0.3, -0.25) is 10.1 Å². The molecular weight excluding hydrogens is 312 g/mol. The molecule has 3 aromatic rings. The summed E-state index contributed by atoms with van der Waals surface area (Å²) in [4.78, 5) is 2.12. The summed E-state index contributed by atoms with van der Waals surface area (Å²) in [5, 5.41) is 9.83. The average molecular weight is 336 g/mol. The quantitative estimate of drug-likeness (QED) is 0.492. The first-order valence-corrected chi connectivity index (χ1v) is 8.14. The first-order valence-electron chi connectivity index (χ1n) is 8.14. The molecule has 0 fully saturated rings. The highest BCUT2D eigenvalue weighted by Crippen LogP contribution is 2.22. The van der Waals surface area contributed by atoms with Crippen molar-refractivity contribution in [3.8, 4) is 0 Å². The number of anilines is 1. The number of H-pyrrole nitrogens is 1. The molecule has 0 aliphatic carbocycles. The van der Waals surface area contributed by atoms with Crippen LogP contribution in [0.15, 0.2) is 48.7 Å². The first kappa shape index (κ1) is 17.0. The number of nitrogens with one attached hydrogen (secondary N) is 1. The van der Waals surface area contributed by atoms with Crippen molar-refractivity contribution in [2.75, 3.05) is 19.1 Å². The number of aryl methyl sites for hydroxylation is 1. The second-order valence-corrected chi connectivity index (χ2v) is 6.52. The van der Waals surface area contributed by atoms with Gasteiger partial charge in [0.05, 0.1) is 16.9 Å². The smallest absolute Gasteiger partial charge is 0.117 e. The molecule has 2 aromatic carbocycles. The predicted octanol–water partition coefficient (Wildman–Crippen LogP) is 2.57. The summed E-state index contributed by atoms with van der Waals surface area (Å²) in [5.41, 5.74) is 11.7. The molecule has 0 spiro atoms. The van der Waals surface area contributed by atoms with E-state index in [2.05, 4.69) is 33.3 Å². The van der Waals surface area contributed by atoms with Gasteiger partial charge in [-0.2, -0.15) is 5.10 Å². The summed E-state index contributed by atoms with van der Waals surface area (Å²) in [6.07, 6.45) is 1.69. The highest BCUT2D eigenvalue weighted by Gasteiger charge is 2.10. The van der Waals surface area contributed by atoms with Gasteiger partial charge in [0.2, 0.25) is 0 Å². The number of rotatable bonds is 5. The molecule has 0 aliphatic heterocycles. The number of aromatic amines is 1. The fourth-order valence-corrected chi connectivity index (χ4v) is 2.77. The predicted molar refractivity (Wildman–Crippen MR) is 103 cm³/mol. The molecular formula is C19H24N6. The number of benzene rings is 2. The molecule has 25 heavy (non-hydrogen) atoms. The third-order valence-electron chi connectivity index (χ3n) is 4.00. The molecule has 0 amide bonds. The van der Waals surface area contributed by atoms with Gasteiger partial charge < -0.3 is 10.6 Å². The normalized spacial score (nSPS) is 12.1. The molecule has 0 radical (unpaired) electrons. The van der Waals surface area contributed by atoms with Crippen molar-refractivity contribution in [2.24, 2.45) is 11.6 Å². The SMILES string of the molecule is Cc1ccc2[nH]nc(/C(N)=C/N(N)c3ccc(CN(C)C)cc3)c2c1. The number of nitrogens with zero attached hydrogens (tertiary/aromatic N) is 3. The van der Waals surface area contributed by atoms with Crippen LogP contribution >= 0.6 is 0 Å². The van der Waals surface area contributed by atoms with Gasteiger partial charge in [-0.05, 0) is 50.8 Å². The third kappa shape index (κ3) is 3.81. The summed E-state index contributed by atoms with van der Waals surface area (Å²) < 4.78 is 0. The van der Waals surface area contributed by atoms with E-state index >= 15 is 0 Å². The third-order valence-corrected chi connectivity index (χ3v) is 4.00. The van der Waals surface area contributed by atoms with Crippen molar-refractivity contribution in [2.45, 2.75) is 13.5 Å². The van der Waals surface area contributed by atoms with Gasteiger partial charge in [0, 0.05) is 18.1 Å². The van der Waals surface area contributed by atoms with Crippen molar-refractivity contribution in [3.63, 3.8) is 0 Å². The average Bonchev–Trinajstić information content (AvgIpc) is 2.98. The number of aromatic nitrogens is 2. The van der Waals surface area contributed by atoms with E-state index < -0.39 is 0 Å². The van der Waals surface area contributed by atoms with E-state index in [1.165, 1.54) is 10.6 Å². The molecule has 3 rings (SSSR count). The zero-order valence-corrected chi connectivity index (χ0v) is 14.8. The van der Waals surface area contributed by atoms with Gasteiger partial charge in [0.15, 0.2) is 0 Å². The molecule has 0 atom stereocenters. The topological polar surface area (TPSA) is 87.2 Å². The van der Waals surface area contributed by atoms with E-state index in [0.717, 1.165) is 28.7 Å². The first-order chi connectivity index (χ1) is 11.9. The van der Waals surface area contributed by atoms with Crippen molar-refractivity contribution in [1.82, 2.24) is 15.1 Å². The monoisotopic (exact) mass is 336 g/mol. The lowest BCUT2D eigenvalue weighted by Crippen LogP contribution is -2.25. The van der Waals surface area contributed by atoms with Crippen LogP contribution in [-0.2, 0) is 6.54 Å². The molecule has 0 aliphatic rings. The molecule has 0 bridgehead atoms. The fourth-order valence-electron chi connectivity index (χ4n) is 2.77. The Morgan fingerprint density at radius 2 is 1.88 bits per heavy atom. The van der Waals surface area contributed by atoms with Crippen LogP contribution < -0.4 is 16.6 Å². The number of nitrogens with two attached hydrogens (primary N) is 2. The van der Waals surface area contributed by atoms with E-state index in [9.17, 15) is 0 Å². The van der Waals surface area contributed by atoms with E-state index in [1.54, 1.807) is 6.20 Å². The van der Waals surface area contributed by atoms with Gasteiger partial charge in [0.25, 0.3) is 0 Å². The summed E-state index contributed by atoms with van der Waals surface area (Å²) in [7, 11) is 4.09. The van der Waals surface area contributed by atoms with Crippen LogP contribution in [0.25, 0.3) is 16.6 Å². The Hall–Kier alpha value is -2.83. The lowest BCUT2D eigenvalue weighted by Gasteiger charge is -2.16. The highest BCUT2D eigenvalue weighted by atomic mass is 15.4. The molecule has 0 unspecified atom stereocenters. The molecule has 6 heteroatoms. The maximum Gasteiger partial charge on any atom is 0.117 e. The molecule has 1 aromatic heterocycles. The van der Waals surface area contributed by atoms with Gasteiger partial charge >= 0.3 is 0 Å². The summed E-state index contributed by atoms with van der Waals surface area (Å²) in [6, 6.07) is 14.2. The Labute approximate surface area is 147 Å². The van der Waals surface area contributed by atoms with Crippen LogP contribution in [0, 0.1) is 6.92 Å². The molecule has 0 saturated heterocycles. The number of hydrazine groups is 1. The lowest BCUT2D eigenvalue weighted by molar-refractivity contribution is 0.402. The number of hydrogen-bond donors (Lipinski definition) is 3. The van der Waals surface area contributed by atoms with Crippen LogP contribution in [0.4, 0.5) is 5.69 Å². The molecule has 1 heterocycles. The summed E-state index contributed by atoms with van der Waals surface area (Å²) >= 11 is 0. The van der Waals surface area contributed by atoms with Crippen LogP contribution in [0.2, 0.25) is 0 Å². The minimum atomic E-state index is 0.511. The van der Waals surface area contributed by atoms with E-state index in [1.807, 2.05) is 45.3 Å². The van der Waals surface area contributed by atoms with E-state index in [0.29, 0.717) is 11.4 Å². The minimum absolute atomic E-state index is 0.511. The molecule has 130 valence electrons. The van der Waals surface area contributed by atoms with Crippen LogP contribution in [0.5, 0.6) is 0 Å². The van der Waals surface area contributed by atoms with Crippen molar-refractivity contribution in [1.29, 1.82) is 0 Å². The molecule has 6 nitrogen and oxygen atoms in total. The fraction of sp³-hybridized carbons (Fsp3) is 0.211. The maximum absolute atomic E-state index is 6.24. The summed E-state index contributed by atoms with van der Waals surface area (Å²) in [5.74, 6) is 6.16. The van der Waals surface area contributed by atoms with Gasteiger partial charge in [-0.1, -0.05) is 23.8 Å². The van der Waals surface area contributed by atoms with Gasteiger partial charge in [0.1, 0.15) is 5.69 Å². The van der Waals surface area contributed by atoms with Gasteiger partial charge in [-0.15, -0.1) is 0 Å². The van der Waals surface area contributed by atoms with Crippen LogP contribution in [0.1, 0.15) is 16.8 Å². The highest BCUT2D eigenvalue weighted by molar-refractivity contribution is 5.90. The van der Waals surface area contributed by atoms with Crippen molar-refractivity contribution < 1.29 is 0 Å². The van der Waals surface area contributed by atoms with E-state index in [-0.39, 0.29) is 0 Å². The second-order valence-electron chi connectivity index (χ2n) is 6.52. The van der Waals surface area contributed by atoms with Crippen LogP contribution in [0.3, 0.4) is 0 Å². The van der Waals surface area contributed by atoms with Gasteiger partial charge in [-0.25, -0.2) is 5.84 Å². The minimum Gasteiger partial charge on any atom is -0.396 e. The van der Waals surface area contributed by atoms with E-state index in [4.69, 9.17) is 11.6 Å².